The Balaban J connectivity index is 1.58. The molecule has 4 rings (SSSR count). The Morgan fingerprint density at radius 2 is 1.22 bits per heavy atom. The average molecular weight is 495 g/mol. The molecule has 0 saturated carbocycles. The lowest BCUT2D eigenvalue weighted by molar-refractivity contribution is -0.141. The summed E-state index contributed by atoms with van der Waals surface area (Å²) in [5.41, 5.74) is 3.67. The number of carbonyl (C=O) groups excluding carboxylic acids is 2. The molecule has 0 bridgehead atoms. The second kappa shape index (κ2) is 13.2. The molecular weight excluding hydrogens is 463 g/mol. The van der Waals surface area contributed by atoms with Crippen molar-refractivity contribution in [2.24, 2.45) is 0 Å². The van der Waals surface area contributed by atoms with Gasteiger partial charge in [-0.1, -0.05) is 103 Å². The molecule has 4 aromatic carbocycles. The van der Waals surface area contributed by atoms with Crippen LogP contribution in [0.1, 0.15) is 34.7 Å². The van der Waals surface area contributed by atoms with Gasteiger partial charge in [0.25, 0.3) is 0 Å². The quantitative estimate of drug-likeness (QED) is 0.283. The van der Waals surface area contributed by atoms with E-state index in [1.54, 1.807) is 17.0 Å². The van der Waals surface area contributed by atoms with Crippen LogP contribution in [0.2, 0.25) is 0 Å². The Kier molecular flexibility index (Phi) is 9.19. The van der Waals surface area contributed by atoms with E-state index in [0.717, 1.165) is 22.3 Å². The maximum absolute atomic E-state index is 13.7. The highest BCUT2D eigenvalue weighted by molar-refractivity contribution is 5.88. The number of carbonyl (C=O) groups is 2. The number of aryl methyl sites for hydroxylation is 1. The predicted octanol–water partition coefficient (Wildman–Crippen LogP) is 5.89. The van der Waals surface area contributed by atoms with Crippen LogP contribution in [0.25, 0.3) is 0 Å². The van der Waals surface area contributed by atoms with Crippen molar-refractivity contribution >= 4 is 11.8 Å². The van der Waals surface area contributed by atoms with Crippen molar-refractivity contribution in [3.05, 3.63) is 143 Å². The Bertz CT molecular complexity index is 1260. The molecule has 5 heteroatoms. The number of hydrogen-bond acceptors (Lipinski definition) is 2. The predicted molar refractivity (Wildman–Crippen MR) is 144 cm³/mol. The first-order chi connectivity index (χ1) is 18.1. The molecule has 0 aliphatic rings. The smallest absolute Gasteiger partial charge is 0.247 e. The number of nitrogens with one attached hydrogen (secondary N) is 1. The van der Waals surface area contributed by atoms with Crippen LogP contribution in [0.4, 0.5) is 4.39 Å². The van der Waals surface area contributed by atoms with Gasteiger partial charge < -0.3 is 10.2 Å². The fraction of sp³-hybridized carbons (Fsp3) is 0.188. The lowest BCUT2D eigenvalue weighted by Gasteiger charge is -2.32. The van der Waals surface area contributed by atoms with Gasteiger partial charge in [0.05, 0.1) is 0 Å². The van der Waals surface area contributed by atoms with E-state index in [9.17, 15) is 14.0 Å². The van der Waals surface area contributed by atoms with Crippen LogP contribution in [0.15, 0.2) is 115 Å². The maximum atomic E-state index is 13.7. The summed E-state index contributed by atoms with van der Waals surface area (Å²) >= 11 is 0. The molecule has 1 atom stereocenters. The van der Waals surface area contributed by atoms with Crippen LogP contribution < -0.4 is 5.32 Å². The van der Waals surface area contributed by atoms with Gasteiger partial charge >= 0.3 is 0 Å². The van der Waals surface area contributed by atoms with Gasteiger partial charge in [-0.25, -0.2) is 4.39 Å². The summed E-state index contributed by atoms with van der Waals surface area (Å²) in [6.07, 6.45) is 1.51. The first kappa shape index (κ1) is 25.8. The van der Waals surface area contributed by atoms with E-state index < -0.39 is 6.04 Å². The van der Waals surface area contributed by atoms with Crippen LogP contribution in [-0.2, 0) is 29.0 Å². The van der Waals surface area contributed by atoms with Crippen molar-refractivity contribution in [1.82, 2.24) is 10.2 Å². The molecule has 0 fully saturated rings. The third-order valence-corrected chi connectivity index (χ3v) is 6.29. The molecule has 0 aliphatic heterocycles. The molecule has 1 N–H and O–H groups in total. The van der Waals surface area contributed by atoms with Gasteiger partial charge in [-0.2, -0.15) is 0 Å². The zero-order valence-corrected chi connectivity index (χ0v) is 20.7. The molecule has 2 amide bonds. The van der Waals surface area contributed by atoms with E-state index in [0.29, 0.717) is 19.4 Å². The summed E-state index contributed by atoms with van der Waals surface area (Å²) in [5.74, 6) is -0.721. The topological polar surface area (TPSA) is 49.4 Å². The fourth-order valence-corrected chi connectivity index (χ4v) is 4.33. The maximum Gasteiger partial charge on any atom is 0.247 e. The van der Waals surface area contributed by atoms with Gasteiger partial charge in [-0.15, -0.1) is 0 Å². The van der Waals surface area contributed by atoms with Crippen molar-refractivity contribution in [1.29, 1.82) is 0 Å². The minimum absolute atomic E-state index is 0.139. The fourth-order valence-electron chi connectivity index (χ4n) is 4.33. The van der Waals surface area contributed by atoms with Gasteiger partial charge in [-0.3, -0.25) is 9.59 Å². The number of halogens is 1. The number of benzene rings is 4. The summed E-state index contributed by atoms with van der Waals surface area (Å²) in [6, 6.07) is 34.4. The second-order valence-corrected chi connectivity index (χ2v) is 8.97. The summed E-state index contributed by atoms with van der Waals surface area (Å²) in [7, 11) is 0. The van der Waals surface area contributed by atoms with Crippen LogP contribution in [-0.4, -0.2) is 23.3 Å². The monoisotopic (exact) mass is 494 g/mol. The molecule has 0 saturated heterocycles. The average Bonchev–Trinajstić information content (AvgIpc) is 2.94. The molecule has 188 valence electrons. The molecular formula is C32H31FN2O2. The Morgan fingerprint density at radius 1 is 0.676 bits per heavy atom. The van der Waals surface area contributed by atoms with Crippen LogP contribution in [0, 0.1) is 5.82 Å². The molecule has 4 aromatic rings. The molecule has 37 heavy (non-hydrogen) atoms. The van der Waals surface area contributed by atoms with Gasteiger partial charge in [0.15, 0.2) is 0 Å². The highest BCUT2D eigenvalue weighted by Crippen LogP contribution is 2.25. The van der Waals surface area contributed by atoms with E-state index in [2.05, 4.69) is 5.32 Å². The largest absolute Gasteiger partial charge is 0.354 e. The molecule has 0 aromatic heterocycles. The lowest BCUT2D eigenvalue weighted by atomic mass is 10.0. The van der Waals surface area contributed by atoms with Crippen molar-refractivity contribution in [2.45, 2.75) is 31.8 Å². The van der Waals surface area contributed by atoms with Crippen molar-refractivity contribution in [2.75, 3.05) is 6.54 Å². The Hall–Kier alpha value is -4.25. The third-order valence-electron chi connectivity index (χ3n) is 6.29. The molecule has 0 radical (unpaired) electrons. The first-order valence-corrected chi connectivity index (χ1v) is 12.5. The second-order valence-electron chi connectivity index (χ2n) is 8.97. The Morgan fingerprint density at radius 3 is 1.81 bits per heavy atom. The van der Waals surface area contributed by atoms with E-state index in [1.165, 1.54) is 12.1 Å². The molecule has 0 unspecified atom stereocenters. The number of hydrogen-bond donors (Lipinski definition) is 1. The van der Waals surface area contributed by atoms with E-state index in [4.69, 9.17) is 0 Å². The molecule has 0 spiro atoms. The minimum atomic E-state index is -0.815. The van der Waals surface area contributed by atoms with E-state index in [1.807, 2.05) is 91.0 Å². The SMILES string of the molecule is O=C(NCCc1ccccc1)[C@H](c1ccccc1)N(Cc1ccc(F)cc1)C(=O)CCc1ccccc1. The standard InChI is InChI=1S/C32H31FN2O2/c33-29-19-16-27(17-20-29)24-35(30(36)21-18-25-10-4-1-5-11-25)31(28-14-8-3-9-15-28)32(37)34-23-22-26-12-6-2-7-13-26/h1-17,19-20,31H,18,21-24H2,(H,34,37)/t31-/m0/s1. The highest BCUT2D eigenvalue weighted by atomic mass is 19.1. The van der Waals surface area contributed by atoms with Crippen molar-refractivity contribution in [3.8, 4) is 0 Å². The van der Waals surface area contributed by atoms with Crippen molar-refractivity contribution < 1.29 is 14.0 Å². The molecule has 0 aliphatic carbocycles. The minimum Gasteiger partial charge on any atom is -0.354 e. The van der Waals surface area contributed by atoms with Gasteiger partial charge in [0.1, 0.15) is 11.9 Å². The van der Waals surface area contributed by atoms with Crippen molar-refractivity contribution in [3.63, 3.8) is 0 Å². The summed E-state index contributed by atoms with van der Waals surface area (Å²) < 4.78 is 13.6. The zero-order chi connectivity index (χ0) is 25.9. The zero-order valence-electron chi connectivity index (χ0n) is 20.7. The van der Waals surface area contributed by atoms with E-state index >= 15 is 0 Å². The highest BCUT2D eigenvalue weighted by Gasteiger charge is 2.31. The summed E-state index contributed by atoms with van der Waals surface area (Å²) in [6.45, 7) is 0.647. The van der Waals surface area contributed by atoms with Gasteiger partial charge in [-0.05, 0) is 47.2 Å². The molecule has 0 heterocycles. The summed E-state index contributed by atoms with van der Waals surface area (Å²) in [5, 5.41) is 3.04. The lowest BCUT2D eigenvalue weighted by Crippen LogP contribution is -2.44. The van der Waals surface area contributed by atoms with Gasteiger partial charge in [0, 0.05) is 19.5 Å². The van der Waals surface area contributed by atoms with Gasteiger partial charge in [0.2, 0.25) is 11.8 Å². The van der Waals surface area contributed by atoms with Crippen LogP contribution >= 0.6 is 0 Å². The van der Waals surface area contributed by atoms with Crippen LogP contribution in [0.3, 0.4) is 0 Å². The number of nitrogens with zero attached hydrogens (tertiary/aromatic N) is 1. The Labute approximate surface area is 217 Å². The molecule has 4 nitrogen and oxygen atoms in total. The number of rotatable bonds is 11. The number of amides is 2. The first-order valence-electron chi connectivity index (χ1n) is 12.5. The summed E-state index contributed by atoms with van der Waals surface area (Å²) in [4.78, 5) is 28.9. The normalized spacial score (nSPS) is 11.5. The van der Waals surface area contributed by atoms with E-state index in [-0.39, 0.29) is 30.6 Å². The van der Waals surface area contributed by atoms with Crippen LogP contribution in [0.5, 0.6) is 0 Å². The third kappa shape index (κ3) is 7.61.